The van der Waals surface area contributed by atoms with Crippen LogP contribution in [0.25, 0.3) is 0 Å². The molecule has 4 N–H and O–H groups in total. The molecule has 0 aliphatic carbocycles. The summed E-state index contributed by atoms with van der Waals surface area (Å²) in [5.74, 6) is -2.18. The average molecular weight is 536 g/mol. The second-order valence-corrected chi connectivity index (χ2v) is 9.65. The molecule has 1 amide bonds. The summed E-state index contributed by atoms with van der Waals surface area (Å²) in [5.41, 5.74) is 1.17. The van der Waals surface area contributed by atoms with Crippen LogP contribution < -0.4 is 5.32 Å². The number of phenols is 1. The molecule has 1 unspecified atom stereocenters. The molecule has 1 aromatic heterocycles. The van der Waals surface area contributed by atoms with Gasteiger partial charge in [0.15, 0.2) is 5.78 Å². The van der Waals surface area contributed by atoms with Crippen LogP contribution in [0.5, 0.6) is 5.75 Å². The lowest BCUT2D eigenvalue weighted by molar-refractivity contribution is -0.139. The second kappa shape index (κ2) is 12.2. The summed E-state index contributed by atoms with van der Waals surface area (Å²) in [4.78, 5) is 37.1. The topological polar surface area (TPSA) is 124 Å². The quantitative estimate of drug-likeness (QED) is 0.248. The van der Waals surface area contributed by atoms with Gasteiger partial charge in [-0.05, 0) is 66.1 Å². The Morgan fingerprint density at radius 3 is 2.31 bits per heavy atom. The van der Waals surface area contributed by atoms with Crippen molar-refractivity contribution in [2.75, 3.05) is 0 Å². The number of amides is 1. The van der Waals surface area contributed by atoms with Gasteiger partial charge in [-0.1, -0.05) is 41.4 Å². The number of hydrogen-bond acceptors (Lipinski definition) is 6. The second-order valence-electron chi connectivity index (χ2n) is 7.89. The van der Waals surface area contributed by atoms with Gasteiger partial charge in [0.05, 0.1) is 26.6 Å². The number of aryl methyl sites for hydroxylation is 1. The van der Waals surface area contributed by atoms with E-state index >= 15 is 0 Å². The smallest absolute Gasteiger partial charge is 0.326 e. The van der Waals surface area contributed by atoms with Gasteiger partial charge in [-0.3, -0.25) is 9.59 Å². The highest BCUT2D eigenvalue weighted by Crippen LogP contribution is 2.29. The monoisotopic (exact) mass is 535 g/mol. The molecule has 0 saturated heterocycles. The molecule has 3 rings (SSSR count). The molecule has 3 aromatic rings. The first-order valence-corrected chi connectivity index (χ1v) is 12.3. The number of carboxylic acids is 1. The van der Waals surface area contributed by atoms with E-state index in [1.54, 1.807) is 29.6 Å². The maximum absolute atomic E-state index is 12.8. The number of rotatable bonds is 11. The lowest BCUT2D eigenvalue weighted by Crippen LogP contribution is -2.41. The molecule has 0 aliphatic rings. The van der Waals surface area contributed by atoms with E-state index in [0.717, 1.165) is 0 Å². The Labute approximate surface area is 215 Å². The van der Waals surface area contributed by atoms with E-state index in [0.29, 0.717) is 28.8 Å². The van der Waals surface area contributed by atoms with Crippen molar-refractivity contribution in [1.82, 2.24) is 5.32 Å². The van der Waals surface area contributed by atoms with Crippen molar-refractivity contribution < 1.29 is 29.7 Å². The van der Waals surface area contributed by atoms with E-state index in [4.69, 9.17) is 23.2 Å². The number of aliphatic hydroxyl groups excluding tert-OH is 1. The summed E-state index contributed by atoms with van der Waals surface area (Å²) in [6, 6.07) is 11.5. The third kappa shape index (κ3) is 7.29. The zero-order chi connectivity index (χ0) is 25.5. The van der Waals surface area contributed by atoms with E-state index in [2.05, 4.69) is 5.32 Å². The lowest BCUT2D eigenvalue weighted by Gasteiger charge is -2.16. The van der Waals surface area contributed by atoms with E-state index in [9.17, 15) is 29.7 Å². The molecule has 0 radical (unpaired) electrons. The number of aromatic hydroxyl groups is 1. The summed E-state index contributed by atoms with van der Waals surface area (Å²) in [6.45, 7) is 0. The minimum atomic E-state index is -1.30. The Morgan fingerprint density at radius 2 is 1.71 bits per heavy atom. The van der Waals surface area contributed by atoms with Gasteiger partial charge in [-0.15, -0.1) is 11.3 Å². The fourth-order valence-corrected chi connectivity index (χ4v) is 4.91. The number of phenolic OH excluding ortho intramolecular Hbond substituents is 1. The van der Waals surface area contributed by atoms with Crippen molar-refractivity contribution in [2.24, 2.45) is 0 Å². The van der Waals surface area contributed by atoms with Crippen LogP contribution in [0.3, 0.4) is 0 Å². The first-order valence-electron chi connectivity index (χ1n) is 10.7. The van der Waals surface area contributed by atoms with Crippen LogP contribution in [0.1, 0.15) is 56.5 Å². The number of hydrogen-bond donors (Lipinski definition) is 4. The number of aliphatic carboxylic acids is 1. The zero-order valence-corrected chi connectivity index (χ0v) is 20.7. The molecule has 1 heterocycles. The number of carbonyl (C=O) groups excluding carboxylic acids is 2. The van der Waals surface area contributed by atoms with Gasteiger partial charge >= 0.3 is 5.97 Å². The van der Waals surface area contributed by atoms with Gasteiger partial charge in [0.1, 0.15) is 11.8 Å². The van der Waals surface area contributed by atoms with Gasteiger partial charge in [-0.2, -0.15) is 0 Å². The molecule has 35 heavy (non-hydrogen) atoms. The number of ketones is 1. The molecule has 184 valence electrons. The third-order valence-corrected chi connectivity index (χ3v) is 6.86. The molecule has 0 spiro atoms. The van der Waals surface area contributed by atoms with Crippen LogP contribution in [0, 0.1) is 0 Å². The van der Waals surface area contributed by atoms with Crippen LogP contribution in [-0.4, -0.2) is 39.0 Å². The Hall–Kier alpha value is -2.91. The minimum absolute atomic E-state index is 0.0376. The highest BCUT2D eigenvalue weighted by atomic mass is 35.5. The number of carbonyl (C=O) groups is 3. The van der Waals surface area contributed by atoms with E-state index in [1.165, 1.54) is 35.6 Å². The van der Waals surface area contributed by atoms with E-state index < -0.39 is 24.0 Å². The Balaban J connectivity index is 1.64. The molecule has 0 aliphatic heterocycles. The van der Waals surface area contributed by atoms with Crippen molar-refractivity contribution in [3.63, 3.8) is 0 Å². The first kappa shape index (κ1) is 26.7. The molecule has 0 saturated carbocycles. The van der Waals surface area contributed by atoms with Crippen LogP contribution in [-0.2, 0) is 11.2 Å². The third-order valence-electron chi connectivity index (χ3n) is 5.35. The van der Waals surface area contributed by atoms with Crippen LogP contribution in [0.2, 0.25) is 10.0 Å². The summed E-state index contributed by atoms with van der Waals surface area (Å²) < 4.78 is 0. The van der Waals surface area contributed by atoms with Crippen molar-refractivity contribution in [3.8, 4) is 5.75 Å². The Morgan fingerprint density at radius 1 is 1.00 bits per heavy atom. The lowest BCUT2D eigenvalue weighted by atomic mass is 10.00. The number of thiophene rings is 1. The summed E-state index contributed by atoms with van der Waals surface area (Å²) in [7, 11) is 0. The largest absolute Gasteiger partial charge is 0.508 e. The Kier molecular flexibility index (Phi) is 9.28. The van der Waals surface area contributed by atoms with Gasteiger partial charge in [-0.25, -0.2) is 4.79 Å². The number of halogens is 2. The fraction of sp³-hybridized carbons (Fsp3) is 0.240. The SMILES string of the molecule is O=C(CC[C@H](NC(=O)c1c(Cl)cc(CCC(O)c2cccc(O)c2)cc1Cl)C(=O)O)c1cccs1. The molecule has 0 fully saturated rings. The van der Waals surface area contributed by atoms with E-state index in [-0.39, 0.29) is 40.0 Å². The molecular formula is C25H23Cl2NO6S. The highest BCUT2D eigenvalue weighted by Gasteiger charge is 2.25. The minimum Gasteiger partial charge on any atom is -0.508 e. The number of aliphatic hydroxyl groups is 1. The van der Waals surface area contributed by atoms with Crippen molar-refractivity contribution in [1.29, 1.82) is 0 Å². The van der Waals surface area contributed by atoms with Gasteiger partial charge in [0.2, 0.25) is 0 Å². The number of carboxylic acid groups (broad SMARTS) is 1. The molecular weight excluding hydrogens is 513 g/mol. The van der Waals surface area contributed by atoms with Crippen LogP contribution in [0.15, 0.2) is 53.9 Å². The van der Waals surface area contributed by atoms with Gasteiger partial charge < -0.3 is 20.6 Å². The highest BCUT2D eigenvalue weighted by molar-refractivity contribution is 7.12. The summed E-state index contributed by atoms with van der Waals surface area (Å²) in [5, 5.41) is 33.7. The summed E-state index contributed by atoms with van der Waals surface area (Å²) in [6.07, 6.45) is -0.240. The maximum Gasteiger partial charge on any atom is 0.326 e. The average Bonchev–Trinajstić information content (AvgIpc) is 3.34. The summed E-state index contributed by atoms with van der Waals surface area (Å²) >= 11 is 13.9. The maximum atomic E-state index is 12.8. The number of benzene rings is 2. The van der Waals surface area contributed by atoms with Gasteiger partial charge in [0.25, 0.3) is 5.91 Å². The zero-order valence-electron chi connectivity index (χ0n) is 18.4. The first-order chi connectivity index (χ1) is 16.7. The molecule has 7 nitrogen and oxygen atoms in total. The predicted octanol–water partition coefficient (Wildman–Crippen LogP) is 5.27. The molecule has 10 heteroatoms. The molecule has 2 aromatic carbocycles. The standard InChI is InChI=1S/C25H23Cl2NO6S/c26-17-11-14(6-8-20(30)15-3-1-4-16(29)13-15)12-18(27)23(17)24(32)28-19(25(33)34)7-9-21(31)22-5-2-10-35-22/h1-5,10-13,19-20,29-30H,6-9H2,(H,28,32)(H,33,34)/t19-,20?/m0/s1. The number of nitrogens with one attached hydrogen (secondary N) is 1. The van der Waals surface area contributed by atoms with Crippen molar-refractivity contribution in [3.05, 3.63) is 85.5 Å². The number of Topliss-reactive ketones (excluding diaryl/α,β-unsaturated/α-hetero) is 1. The van der Waals surface area contributed by atoms with Crippen molar-refractivity contribution in [2.45, 2.75) is 37.8 Å². The Bertz CT molecular complexity index is 1190. The van der Waals surface area contributed by atoms with Gasteiger partial charge in [0, 0.05) is 6.42 Å². The molecule has 2 atom stereocenters. The van der Waals surface area contributed by atoms with Crippen molar-refractivity contribution >= 4 is 52.2 Å². The molecule has 0 bridgehead atoms. The van der Waals surface area contributed by atoms with Crippen LogP contribution >= 0.6 is 34.5 Å². The fourth-order valence-electron chi connectivity index (χ4n) is 3.51. The predicted molar refractivity (Wildman–Crippen MR) is 135 cm³/mol. The van der Waals surface area contributed by atoms with Crippen LogP contribution in [0.4, 0.5) is 0 Å². The van der Waals surface area contributed by atoms with E-state index in [1.807, 2.05) is 0 Å². The normalized spacial score (nSPS) is 12.7.